The van der Waals surface area contributed by atoms with Crippen LogP contribution in [-0.2, 0) is 0 Å². The summed E-state index contributed by atoms with van der Waals surface area (Å²) in [5.74, 6) is -0.105. The molecule has 0 radical (unpaired) electrons. The summed E-state index contributed by atoms with van der Waals surface area (Å²) in [7, 11) is 0. The summed E-state index contributed by atoms with van der Waals surface area (Å²) < 4.78 is 0. The predicted octanol–water partition coefficient (Wildman–Crippen LogP) is 1.14. The molecule has 1 aliphatic rings. The molecule has 2 heterocycles. The minimum atomic E-state index is -0.105. The Bertz CT molecular complexity index is 467. The van der Waals surface area contributed by atoms with Crippen molar-refractivity contribution in [3.8, 4) is 0 Å². The molecule has 108 valence electrons. The van der Waals surface area contributed by atoms with Gasteiger partial charge in [0.05, 0.1) is 17.4 Å². The highest BCUT2D eigenvalue weighted by atomic mass is 16.1. The number of amides is 1. The topological polar surface area (TPSA) is 48.5 Å². The van der Waals surface area contributed by atoms with E-state index < -0.39 is 0 Å². The third-order valence-electron chi connectivity index (χ3n) is 3.58. The number of carbonyl (C=O) groups excluding carboxylic acids is 1. The highest BCUT2D eigenvalue weighted by Gasteiger charge is 2.17. The van der Waals surface area contributed by atoms with Gasteiger partial charge in [0.15, 0.2) is 0 Å². The third-order valence-corrected chi connectivity index (χ3v) is 3.58. The minimum Gasteiger partial charge on any atom is -0.368 e. The number of aromatic nitrogens is 1. The molecular formula is C15H22N4O. The minimum absolute atomic E-state index is 0.105. The molecule has 5 heteroatoms. The monoisotopic (exact) mass is 274 g/mol. The van der Waals surface area contributed by atoms with E-state index in [4.69, 9.17) is 0 Å². The lowest BCUT2D eigenvalue weighted by atomic mass is 10.2. The molecule has 0 spiro atoms. The third kappa shape index (κ3) is 3.57. The van der Waals surface area contributed by atoms with E-state index in [0.29, 0.717) is 12.1 Å². The number of nitrogens with one attached hydrogen (secondary N) is 1. The highest BCUT2D eigenvalue weighted by molar-refractivity contribution is 5.94. The summed E-state index contributed by atoms with van der Waals surface area (Å²) in [6.07, 6.45) is 5.09. The first kappa shape index (κ1) is 14.5. The fourth-order valence-corrected chi connectivity index (χ4v) is 2.31. The van der Waals surface area contributed by atoms with Gasteiger partial charge in [-0.25, -0.2) is 0 Å². The van der Waals surface area contributed by atoms with Crippen molar-refractivity contribution in [3.05, 3.63) is 36.7 Å². The molecule has 1 saturated heterocycles. The van der Waals surface area contributed by atoms with Gasteiger partial charge in [0.25, 0.3) is 5.91 Å². The summed E-state index contributed by atoms with van der Waals surface area (Å²) in [5.41, 5.74) is 1.62. The van der Waals surface area contributed by atoms with E-state index in [0.717, 1.165) is 38.4 Å². The molecule has 0 aromatic carbocycles. The Labute approximate surface area is 120 Å². The zero-order chi connectivity index (χ0) is 14.4. The molecule has 20 heavy (non-hydrogen) atoms. The zero-order valence-corrected chi connectivity index (χ0v) is 12.0. The van der Waals surface area contributed by atoms with Gasteiger partial charge in [-0.1, -0.05) is 13.0 Å². The quantitative estimate of drug-likeness (QED) is 0.818. The molecule has 1 N–H and O–H groups in total. The van der Waals surface area contributed by atoms with Gasteiger partial charge < -0.3 is 15.1 Å². The van der Waals surface area contributed by atoms with E-state index >= 15 is 0 Å². The van der Waals surface area contributed by atoms with Crippen molar-refractivity contribution in [2.45, 2.75) is 6.92 Å². The summed E-state index contributed by atoms with van der Waals surface area (Å²) in [4.78, 5) is 20.8. The summed E-state index contributed by atoms with van der Waals surface area (Å²) in [5, 5.41) is 2.77. The fraction of sp³-hybridized carbons (Fsp3) is 0.467. The maximum Gasteiger partial charge on any atom is 0.253 e. The second-order valence-corrected chi connectivity index (χ2v) is 4.85. The lowest BCUT2D eigenvalue weighted by molar-refractivity contribution is 0.0957. The maximum absolute atomic E-state index is 11.9. The van der Waals surface area contributed by atoms with Crippen molar-refractivity contribution in [1.82, 2.24) is 15.2 Å². The van der Waals surface area contributed by atoms with Gasteiger partial charge >= 0.3 is 0 Å². The summed E-state index contributed by atoms with van der Waals surface area (Å²) in [6.45, 7) is 11.4. The van der Waals surface area contributed by atoms with E-state index in [1.807, 2.05) is 12.3 Å². The maximum atomic E-state index is 11.9. The van der Waals surface area contributed by atoms with Crippen molar-refractivity contribution in [2.75, 3.05) is 44.2 Å². The van der Waals surface area contributed by atoms with Crippen molar-refractivity contribution in [1.29, 1.82) is 0 Å². The molecule has 1 aromatic rings. The molecule has 0 bridgehead atoms. The van der Waals surface area contributed by atoms with Crippen LogP contribution in [0.1, 0.15) is 17.3 Å². The number of nitrogens with zero attached hydrogens (tertiary/aromatic N) is 3. The van der Waals surface area contributed by atoms with Gasteiger partial charge in [0, 0.05) is 38.9 Å². The molecule has 1 aliphatic heterocycles. The fourth-order valence-electron chi connectivity index (χ4n) is 2.31. The number of carbonyl (C=O) groups is 1. The lowest BCUT2D eigenvalue weighted by Gasteiger charge is -2.35. The Morgan fingerprint density at radius 1 is 1.40 bits per heavy atom. The van der Waals surface area contributed by atoms with Gasteiger partial charge in [-0.3, -0.25) is 9.78 Å². The average molecular weight is 274 g/mol. The number of piperazine rings is 1. The first-order valence-electron chi connectivity index (χ1n) is 7.06. The molecule has 5 nitrogen and oxygen atoms in total. The van der Waals surface area contributed by atoms with Crippen molar-refractivity contribution >= 4 is 11.6 Å². The molecule has 0 unspecified atom stereocenters. The molecule has 1 aromatic heterocycles. The van der Waals surface area contributed by atoms with Gasteiger partial charge in [-0.2, -0.15) is 0 Å². The average Bonchev–Trinajstić information content (AvgIpc) is 2.52. The SMILES string of the molecule is C=CCNC(=O)c1cncc(N2CCN(CC)CC2)c1. The van der Waals surface area contributed by atoms with E-state index in [-0.39, 0.29) is 5.91 Å². The van der Waals surface area contributed by atoms with Crippen LogP contribution in [0, 0.1) is 0 Å². The van der Waals surface area contributed by atoms with Crippen molar-refractivity contribution in [2.24, 2.45) is 0 Å². The molecule has 0 aliphatic carbocycles. The molecule has 1 fully saturated rings. The van der Waals surface area contributed by atoms with E-state index in [1.165, 1.54) is 0 Å². The number of rotatable bonds is 5. The van der Waals surface area contributed by atoms with Crippen LogP contribution >= 0.6 is 0 Å². The lowest BCUT2D eigenvalue weighted by Crippen LogP contribution is -2.46. The van der Waals surface area contributed by atoms with Crippen molar-refractivity contribution < 1.29 is 4.79 Å². The molecule has 2 rings (SSSR count). The van der Waals surface area contributed by atoms with Gasteiger partial charge in [0.2, 0.25) is 0 Å². The Morgan fingerprint density at radius 3 is 2.80 bits per heavy atom. The number of likely N-dealkylation sites (N-methyl/N-ethyl adjacent to an activating group) is 1. The van der Waals surface area contributed by atoms with E-state index in [9.17, 15) is 4.79 Å². The second-order valence-electron chi connectivity index (χ2n) is 4.85. The largest absolute Gasteiger partial charge is 0.368 e. The Hall–Kier alpha value is -1.88. The van der Waals surface area contributed by atoms with Crippen LogP contribution in [0.3, 0.4) is 0 Å². The van der Waals surface area contributed by atoms with Crippen LogP contribution in [0.25, 0.3) is 0 Å². The van der Waals surface area contributed by atoms with Gasteiger partial charge in [0.1, 0.15) is 0 Å². The predicted molar refractivity (Wildman–Crippen MR) is 81.1 cm³/mol. The van der Waals surface area contributed by atoms with Crippen LogP contribution in [0.4, 0.5) is 5.69 Å². The van der Waals surface area contributed by atoms with Gasteiger partial charge in [-0.05, 0) is 12.6 Å². The van der Waals surface area contributed by atoms with E-state index in [2.05, 4.69) is 33.6 Å². The van der Waals surface area contributed by atoms with Crippen LogP contribution in [0.15, 0.2) is 31.1 Å². The number of hydrogen-bond acceptors (Lipinski definition) is 4. The van der Waals surface area contributed by atoms with E-state index in [1.54, 1.807) is 12.3 Å². The summed E-state index contributed by atoms with van der Waals surface area (Å²) >= 11 is 0. The number of hydrogen-bond donors (Lipinski definition) is 1. The smallest absolute Gasteiger partial charge is 0.253 e. The first-order chi connectivity index (χ1) is 9.74. The Balaban J connectivity index is 2.02. The number of pyridine rings is 1. The molecule has 0 saturated carbocycles. The van der Waals surface area contributed by atoms with Gasteiger partial charge in [-0.15, -0.1) is 6.58 Å². The Morgan fingerprint density at radius 2 is 2.15 bits per heavy atom. The van der Waals surface area contributed by atoms with Crippen LogP contribution in [-0.4, -0.2) is 55.1 Å². The standard InChI is InChI=1S/C15H22N4O/c1-3-5-17-15(20)13-10-14(12-16-11-13)19-8-6-18(4-2)7-9-19/h3,10-12H,1,4-9H2,2H3,(H,17,20). The molecule has 1 amide bonds. The second kappa shape index (κ2) is 7.05. The first-order valence-corrected chi connectivity index (χ1v) is 7.06. The normalized spacial score (nSPS) is 15.9. The molecular weight excluding hydrogens is 252 g/mol. The van der Waals surface area contributed by atoms with Crippen LogP contribution in [0.2, 0.25) is 0 Å². The van der Waals surface area contributed by atoms with Crippen LogP contribution in [0.5, 0.6) is 0 Å². The number of anilines is 1. The highest BCUT2D eigenvalue weighted by Crippen LogP contribution is 2.16. The Kier molecular flexibility index (Phi) is 5.12. The molecule has 0 atom stereocenters. The van der Waals surface area contributed by atoms with Crippen molar-refractivity contribution in [3.63, 3.8) is 0 Å². The zero-order valence-electron chi connectivity index (χ0n) is 12.0. The van der Waals surface area contributed by atoms with Crippen LogP contribution < -0.4 is 10.2 Å². The summed E-state index contributed by atoms with van der Waals surface area (Å²) in [6, 6.07) is 1.91.